The van der Waals surface area contributed by atoms with Crippen LogP contribution in [0, 0.1) is 6.92 Å². The van der Waals surface area contributed by atoms with E-state index in [9.17, 15) is 9.59 Å². The second-order valence-electron chi connectivity index (χ2n) is 5.97. The number of rotatable bonds is 5. The van der Waals surface area contributed by atoms with Crippen LogP contribution in [0.4, 0.5) is 16.2 Å². The van der Waals surface area contributed by atoms with Crippen molar-refractivity contribution in [2.75, 3.05) is 17.7 Å². The van der Waals surface area contributed by atoms with E-state index in [-0.39, 0.29) is 18.0 Å². The molecule has 0 saturated heterocycles. The van der Waals surface area contributed by atoms with Crippen LogP contribution in [0.2, 0.25) is 0 Å². The monoisotopic (exact) mass is 341 g/mol. The summed E-state index contributed by atoms with van der Waals surface area (Å²) in [5.74, 6) is 0.444. The molecule has 3 amide bonds. The molecule has 0 spiro atoms. The maximum atomic E-state index is 12.3. The Bertz CT molecular complexity index is 755. The third kappa shape index (κ3) is 5.24. The molecule has 0 radical (unpaired) electrons. The standard InChI is InChI=1S/C19H23N3O3/c1-12(2)20-19(24)22-16-9-7-15(8-10-16)21-18(23)14-6-5-13(3)17(11-14)25-4/h5-12H,1-4H3,(H,21,23)(H2,20,22,24). The van der Waals surface area contributed by atoms with Gasteiger partial charge in [0.25, 0.3) is 5.91 Å². The lowest BCUT2D eigenvalue weighted by molar-refractivity contribution is 0.102. The Morgan fingerprint density at radius 2 is 1.56 bits per heavy atom. The van der Waals surface area contributed by atoms with Gasteiger partial charge < -0.3 is 20.7 Å². The molecule has 0 aliphatic heterocycles. The molecule has 6 nitrogen and oxygen atoms in total. The van der Waals surface area contributed by atoms with Gasteiger partial charge >= 0.3 is 6.03 Å². The molecule has 2 aromatic rings. The van der Waals surface area contributed by atoms with Crippen molar-refractivity contribution in [2.24, 2.45) is 0 Å². The number of aryl methyl sites for hydroxylation is 1. The quantitative estimate of drug-likeness (QED) is 0.774. The van der Waals surface area contributed by atoms with Gasteiger partial charge in [-0.25, -0.2) is 4.79 Å². The Labute approximate surface area is 147 Å². The smallest absolute Gasteiger partial charge is 0.319 e. The predicted octanol–water partition coefficient (Wildman–Crippen LogP) is 3.79. The number of hydrogen-bond donors (Lipinski definition) is 3. The molecule has 2 rings (SSSR count). The molecule has 0 heterocycles. The fourth-order valence-corrected chi connectivity index (χ4v) is 2.23. The molecule has 3 N–H and O–H groups in total. The van der Waals surface area contributed by atoms with E-state index < -0.39 is 0 Å². The minimum atomic E-state index is -0.265. The second kappa shape index (κ2) is 8.19. The van der Waals surface area contributed by atoms with Crippen molar-refractivity contribution in [3.8, 4) is 5.75 Å². The number of amides is 3. The van der Waals surface area contributed by atoms with Crippen LogP contribution in [0.1, 0.15) is 29.8 Å². The number of methoxy groups -OCH3 is 1. The fraction of sp³-hybridized carbons (Fsp3) is 0.263. The number of ether oxygens (including phenoxy) is 1. The first-order valence-electron chi connectivity index (χ1n) is 8.02. The van der Waals surface area contributed by atoms with E-state index >= 15 is 0 Å². The van der Waals surface area contributed by atoms with Crippen molar-refractivity contribution in [3.63, 3.8) is 0 Å². The van der Waals surface area contributed by atoms with Gasteiger partial charge in [-0.3, -0.25) is 4.79 Å². The lowest BCUT2D eigenvalue weighted by Crippen LogP contribution is -2.34. The summed E-state index contributed by atoms with van der Waals surface area (Å²) in [7, 11) is 1.57. The van der Waals surface area contributed by atoms with Gasteiger partial charge in [-0.1, -0.05) is 6.07 Å². The third-order valence-electron chi connectivity index (χ3n) is 3.49. The first kappa shape index (κ1) is 18.3. The van der Waals surface area contributed by atoms with E-state index in [2.05, 4.69) is 16.0 Å². The van der Waals surface area contributed by atoms with Crippen molar-refractivity contribution in [1.29, 1.82) is 0 Å². The third-order valence-corrected chi connectivity index (χ3v) is 3.49. The number of anilines is 2. The Balaban J connectivity index is 2.01. The Hall–Kier alpha value is -3.02. The Kier molecular flexibility index (Phi) is 6.00. The molecule has 6 heteroatoms. The molecular formula is C19H23N3O3. The van der Waals surface area contributed by atoms with Crippen LogP contribution < -0.4 is 20.7 Å². The van der Waals surface area contributed by atoms with Crippen molar-refractivity contribution in [3.05, 3.63) is 53.6 Å². The van der Waals surface area contributed by atoms with E-state index in [0.29, 0.717) is 22.7 Å². The topological polar surface area (TPSA) is 79.5 Å². The normalized spacial score (nSPS) is 10.3. The number of carbonyl (C=O) groups excluding carboxylic acids is 2. The number of urea groups is 1. The largest absolute Gasteiger partial charge is 0.496 e. The maximum absolute atomic E-state index is 12.3. The zero-order chi connectivity index (χ0) is 18.4. The van der Waals surface area contributed by atoms with Crippen molar-refractivity contribution < 1.29 is 14.3 Å². The summed E-state index contributed by atoms with van der Waals surface area (Å²) < 4.78 is 5.24. The highest BCUT2D eigenvalue weighted by Crippen LogP contribution is 2.20. The summed E-state index contributed by atoms with van der Waals surface area (Å²) in [5.41, 5.74) is 2.77. The predicted molar refractivity (Wildman–Crippen MR) is 99.4 cm³/mol. The number of nitrogens with one attached hydrogen (secondary N) is 3. The summed E-state index contributed by atoms with van der Waals surface area (Å²) >= 11 is 0. The second-order valence-corrected chi connectivity index (χ2v) is 5.97. The number of carbonyl (C=O) groups is 2. The molecule has 25 heavy (non-hydrogen) atoms. The van der Waals surface area contributed by atoms with Crippen LogP contribution in [-0.4, -0.2) is 25.1 Å². The van der Waals surface area contributed by atoms with Crippen LogP contribution in [0.15, 0.2) is 42.5 Å². The number of benzene rings is 2. The van der Waals surface area contributed by atoms with E-state index in [1.54, 1.807) is 43.5 Å². The molecule has 2 aromatic carbocycles. The molecular weight excluding hydrogens is 318 g/mol. The van der Waals surface area contributed by atoms with E-state index in [4.69, 9.17) is 4.74 Å². The van der Waals surface area contributed by atoms with Gasteiger partial charge in [0.1, 0.15) is 5.75 Å². The minimum absolute atomic E-state index is 0.0602. The molecule has 0 aliphatic rings. The highest BCUT2D eigenvalue weighted by molar-refractivity contribution is 6.04. The molecule has 0 aliphatic carbocycles. The molecule has 0 atom stereocenters. The molecule has 132 valence electrons. The SMILES string of the molecule is COc1cc(C(=O)Nc2ccc(NC(=O)NC(C)C)cc2)ccc1C. The fourth-order valence-electron chi connectivity index (χ4n) is 2.23. The first-order chi connectivity index (χ1) is 11.9. The van der Waals surface area contributed by atoms with Crippen LogP contribution in [0.3, 0.4) is 0 Å². The Morgan fingerprint density at radius 1 is 0.960 bits per heavy atom. The molecule has 0 saturated carbocycles. The average molecular weight is 341 g/mol. The lowest BCUT2D eigenvalue weighted by atomic mass is 10.1. The van der Waals surface area contributed by atoms with E-state index in [1.807, 2.05) is 26.8 Å². The lowest BCUT2D eigenvalue weighted by Gasteiger charge is -2.11. The summed E-state index contributed by atoms with van der Waals surface area (Å²) in [4.78, 5) is 24.0. The summed E-state index contributed by atoms with van der Waals surface area (Å²) in [6.07, 6.45) is 0. The minimum Gasteiger partial charge on any atom is -0.496 e. The highest BCUT2D eigenvalue weighted by atomic mass is 16.5. The van der Waals surface area contributed by atoms with Crippen molar-refractivity contribution >= 4 is 23.3 Å². The van der Waals surface area contributed by atoms with Gasteiger partial charge in [-0.05, 0) is 62.7 Å². The zero-order valence-corrected chi connectivity index (χ0v) is 14.8. The summed E-state index contributed by atoms with van der Waals surface area (Å²) in [6, 6.07) is 12.0. The van der Waals surface area contributed by atoms with E-state index in [0.717, 1.165) is 5.56 Å². The van der Waals surface area contributed by atoms with Gasteiger partial charge in [0.2, 0.25) is 0 Å². The number of hydrogen-bond acceptors (Lipinski definition) is 3. The molecule has 0 fully saturated rings. The van der Waals surface area contributed by atoms with Gasteiger partial charge in [0, 0.05) is 23.0 Å². The average Bonchev–Trinajstić information content (AvgIpc) is 2.56. The highest BCUT2D eigenvalue weighted by Gasteiger charge is 2.09. The molecule has 0 aromatic heterocycles. The zero-order valence-electron chi connectivity index (χ0n) is 14.8. The van der Waals surface area contributed by atoms with Gasteiger partial charge in [0.05, 0.1) is 7.11 Å². The summed E-state index contributed by atoms with van der Waals surface area (Å²) in [5, 5.41) is 8.29. The molecule has 0 bridgehead atoms. The van der Waals surface area contributed by atoms with Crippen molar-refractivity contribution in [2.45, 2.75) is 26.8 Å². The molecule has 0 unspecified atom stereocenters. The van der Waals surface area contributed by atoms with Crippen LogP contribution in [-0.2, 0) is 0 Å². The Morgan fingerprint density at radius 3 is 2.12 bits per heavy atom. The van der Waals surface area contributed by atoms with Gasteiger partial charge in [-0.15, -0.1) is 0 Å². The first-order valence-corrected chi connectivity index (χ1v) is 8.02. The van der Waals surface area contributed by atoms with Crippen LogP contribution >= 0.6 is 0 Å². The van der Waals surface area contributed by atoms with Crippen LogP contribution in [0.25, 0.3) is 0 Å². The van der Waals surface area contributed by atoms with Gasteiger partial charge in [0.15, 0.2) is 0 Å². The van der Waals surface area contributed by atoms with Gasteiger partial charge in [-0.2, -0.15) is 0 Å². The van der Waals surface area contributed by atoms with E-state index in [1.165, 1.54) is 0 Å². The van der Waals surface area contributed by atoms with Crippen molar-refractivity contribution in [1.82, 2.24) is 5.32 Å². The maximum Gasteiger partial charge on any atom is 0.319 e. The van der Waals surface area contributed by atoms with Crippen LogP contribution in [0.5, 0.6) is 5.75 Å². The summed E-state index contributed by atoms with van der Waals surface area (Å²) in [6.45, 7) is 5.69.